The van der Waals surface area contributed by atoms with Crippen molar-refractivity contribution < 1.29 is 4.74 Å². The molecule has 162 valence electrons. The molecule has 7 nitrogen and oxygen atoms in total. The Bertz CT molecular complexity index is 1200. The molecular weight excluding hydrogens is 390 g/mol. The summed E-state index contributed by atoms with van der Waals surface area (Å²) in [5.41, 5.74) is 3.89. The highest BCUT2D eigenvalue weighted by Crippen LogP contribution is 2.32. The fourth-order valence-corrected chi connectivity index (χ4v) is 4.18. The molecule has 4 aliphatic rings. The summed E-state index contributed by atoms with van der Waals surface area (Å²) in [4.78, 5) is 23.1. The minimum Gasteiger partial charge on any atom is -0.381 e. The molecule has 4 heterocycles. The van der Waals surface area contributed by atoms with Crippen LogP contribution in [0.3, 0.4) is 0 Å². The molecule has 0 unspecified atom stereocenters. The van der Waals surface area contributed by atoms with E-state index in [9.17, 15) is 4.79 Å². The monoisotopic (exact) mass is 419 g/mol. The molecule has 0 saturated carbocycles. The molecule has 0 aliphatic carbocycles. The van der Waals surface area contributed by atoms with Crippen LogP contribution in [0.1, 0.15) is 25.0 Å². The van der Waals surface area contributed by atoms with Crippen molar-refractivity contribution in [2.45, 2.75) is 33.9 Å². The van der Waals surface area contributed by atoms with Crippen LogP contribution < -0.4 is 16.4 Å². The van der Waals surface area contributed by atoms with Crippen molar-refractivity contribution in [3.63, 3.8) is 0 Å². The van der Waals surface area contributed by atoms with Crippen molar-refractivity contribution >= 4 is 5.82 Å². The van der Waals surface area contributed by atoms with Gasteiger partial charge in [0.15, 0.2) is 0 Å². The lowest BCUT2D eigenvalue weighted by Gasteiger charge is -2.35. The Morgan fingerprint density at radius 2 is 2.03 bits per heavy atom. The predicted molar refractivity (Wildman–Crippen MR) is 120 cm³/mol. The molecule has 0 spiro atoms. The minimum atomic E-state index is -0.0188. The maximum atomic E-state index is 13.6. The molecule has 7 heteroatoms. The first kappa shape index (κ1) is 20.0. The molecule has 1 N–H and O–H groups in total. The van der Waals surface area contributed by atoms with Crippen LogP contribution in [-0.4, -0.2) is 40.4 Å². The Hall–Kier alpha value is -2.93. The largest absolute Gasteiger partial charge is 0.381 e. The number of rotatable bonds is 4. The van der Waals surface area contributed by atoms with Gasteiger partial charge < -0.3 is 10.1 Å². The first-order valence-electron chi connectivity index (χ1n) is 10.9. The third kappa shape index (κ3) is 3.90. The summed E-state index contributed by atoms with van der Waals surface area (Å²) in [5, 5.41) is 4.27. The van der Waals surface area contributed by atoms with Crippen LogP contribution in [0, 0.1) is 18.3 Å². The lowest BCUT2D eigenvalue weighted by atomic mass is 9.91. The number of fused-ring (bicyclic) bond motifs is 3. The van der Waals surface area contributed by atoms with Gasteiger partial charge in [0.25, 0.3) is 0 Å². The Kier molecular flexibility index (Phi) is 4.93. The van der Waals surface area contributed by atoms with Gasteiger partial charge in [-0.2, -0.15) is 0 Å². The number of nitrogens with one attached hydrogen (secondary N) is 1. The van der Waals surface area contributed by atoms with Gasteiger partial charge >= 0.3 is 5.69 Å². The van der Waals surface area contributed by atoms with E-state index in [-0.39, 0.29) is 11.1 Å². The van der Waals surface area contributed by atoms with Gasteiger partial charge in [0.2, 0.25) is 0 Å². The van der Waals surface area contributed by atoms with Crippen molar-refractivity contribution in [1.82, 2.24) is 14.1 Å². The third-order valence-electron chi connectivity index (χ3n) is 6.12. The van der Waals surface area contributed by atoms with Gasteiger partial charge in [-0.1, -0.05) is 43.7 Å². The molecule has 1 saturated heterocycles. The molecule has 0 amide bonds. The first-order valence-corrected chi connectivity index (χ1v) is 10.9. The average molecular weight is 420 g/mol. The number of hydrogen-bond acceptors (Lipinski definition) is 5. The molecule has 0 atom stereocenters. The number of aryl methyl sites for hydroxylation is 1. The van der Waals surface area contributed by atoms with Crippen LogP contribution in [0.4, 0.5) is 5.82 Å². The van der Waals surface area contributed by atoms with Crippen molar-refractivity contribution in [2.75, 3.05) is 31.6 Å². The highest BCUT2D eigenvalue weighted by Gasteiger charge is 2.31. The number of anilines is 1. The van der Waals surface area contributed by atoms with Gasteiger partial charge in [-0.3, -0.25) is 14.1 Å². The number of nitrogens with zero attached hydrogens (tertiary/aromatic N) is 4. The maximum Gasteiger partial charge on any atom is 0.330 e. The fraction of sp³-hybridized carbons (Fsp3) is 0.458. The third-order valence-corrected chi connectivity index (χ3v) is 6.12. The van der Waals surface area contributed by atoms with Gasteiger partial charge in [0, 0.05) is 31.0 Å². The molecule has 1 fully saturated rings. The quantitative estimate of drug-likeness (QED) is 0.705. The summed E-state index contributed by atoms with van der Waals surface area (Å²) in [6.45, 7) is 10.6. The van der Waals surface area contributed by atoms with E-state index in [1.54, 1.807) is 0 Å². The average Bonchev–Trinajstić information content (AvgIpc) is 2.71. The molecular formula is C24H29N5O2. The molecule has 1 aromatic carbocycles. The van der Waals surface area contributed by atoms with Gasteiger partial charge in [-0.25, -0.2) is 9.78 Å². The summed E-state index contributed by atoms with van der Waals surface area (Å²) in [7, 11) is 0. The Morgan fingerprint density at radius 3 is 2.74 bits per heavy atom. The second-order valence-corrected chi connectivity index (χ2v) is 9.61. The van der Waals surface area contributed by atoms with Crippen LogP contribution in [0.2, 0.25) is 0 Å². The molecule has 31 heavy (non-hydrogen) atoms. The zero-order valence-electron chi connectivity index (χ0n) is 18.4. The summed E-state index contributed by atoms with van der Waals surface area (Å²) < 4.78 is 8.93. The van der Waals surface area contributed by atoms with Crippen LogP contribution in [-0.2, 0) is 17.8 Å². The zero-order chi connectivity index (χ0) is 21.6. The zero-order valence-corrected chi connectivity index (χ0v) is 18.4. The minimum absolute atomic E-state index is 0.00763. The lowest BCUT2D eigenvalue weighted by Crippen LogP contribution is -2.44. The van der Waals surface area contributed by atoms with Crippen molar-refractivity contribution in [2.24, 2.45) is 16.3 Å². The summed E-state index contributed by atoms with van der Waals surface area (Å²) in [5.74, 6) is 1.28. The summed E-state index contributed by atoms with van der Waals surface area (Å²) in [6.07, 6.45) is 1.81. The lowest BCUT2D eigenvalue weighted by molar-refractivity contribution is -0.0269. The molecule has 0 bridgehead atoms. The van der Waals surface area contributed by atoms with Crippen LogP contribution in [0.15, 0.2) is 46.3 Å². The maximum absolute atomic E-state index is 13.6. The second kappa shape index (κ2) is 7.64. The second-order valence-electron chi connectivity index (χ2n) is 9.61. The van der Waals surface area contributed by atoms with Crippen molar-refractivity contribution in [3.8, 4) is 11.4 Å². The van der Waals surface area contributed by atoms with E-state index in [0.29, 0.717) is 19.0 Å². The first-order chi connectivity index (χ1) is 14.9. The van der Waals surface area contributed by atoms with E-state index in [1.165, 1.54) is 5.56 Å². The topological polar surface area (TPSA) is 73.4 Å². The Morgan fingerprint density at radius 1 is 1.26 bits per heavy atom. The number of benzene rings is 1. The number of ether oxygens (including phenoxy) is 1. The standard InChI is InChI=1S/C24H29N5O2/c1-16-4-6-17(7-5-16)11-28-20-8-19(25-9-18-12-31-13-18)10-26-21(20)22-27-14-24(2,3)15-29(22)23(28)30/h4-8,10,18,27H,9,11-15H2,1-3H3. The highest BCUT2D eigenvalue weighted by atomic mass is 16.5. The van der Waals surface area contributed by atoms with Crippen LogP contribution in [0.25, 0.3) is 11.4 Å². The van der Waals surface area contributed by atoms with Gasteiger partial charge in [0.05, 0.1) is 37.0 Å². The Balaban J connectivity index is 1.66. The molecule has 1 aromatic rings. The van der Waals surface area contributed by atoms with E-state index in [0.717, 1.165) is 54.4 Å². The van der Waals surface area contributed by atoms with Crippen molar-refractivity contribution in [3.05, 3.63) is 63.5 Å². The summed E-state index contributed by atoms with van der Waals surface area (Å²) >= 11 is 0. The van der Waals surface area contributed by atoms with Crippen LogP contribution in [0.5, 0.6) is 0 Å². The van der Waals surface area contributed by atoms with Crippen LogP contribution >= 0.6 is 0 Å². The van der Waals surface area contributed by atoms with Gasteiger partial charge in [-0.15, -0.1) is 0 Å². The number of pyridine rings is 1. The fourth-order valence-electron chi connectivity index (χ4n) is 4.18. The predicted octanol–water partition coefficient (Wildman–Crippen LogP) is 2.51. The van der Waals surface area contributed by atoms with Crippen molar-refractivity contribution in [1.29, 1.82) is 0 Å². The molecule has 0 aromatic heterocycles. The molecule has 5 rings (SSSR count). The number of aromatic nitrogens is 3. The smallest absolute Gasteiger partial charge is 0.330 e. The van der Waals surface area contributed by atoms with Gasteiger partial charge in [0.1, 0.15) is 11.5 Å². The Labute approximate surface area is 181 Å². The normalized spacial score (nSPS) is 18.5. The van der Waals surface area contributed by atoms with Gasteiger partial charge in [-0.05, 0) is 18.6 Å². The van der Waals surface area contributed by atoms with E-state index < -0.39 is 0 Å². The van der Waals surface area contributed by atoms with E-state index >= 15 is 0 Å². The molecule has 0 radical (unpaired) electrons. The molecule has 4 aliphatic heterocycles. The van der Waals surface area contributed by atoms with E-state index in [2.05, 4.69) is 50.4 Å². The number of hydrogen-bond donors (Lipinski definition) is 1. The SMILES string of the molecule is Cc1ccc(Cn2c3cc(=NCC4COC4)cnc-3c3n(c2=O)CC(C)(C)CN3)cc1. The summed E-state index contributed by atoms with van der Waals surface area (Å²) in [6, 6.07) is 10.3. The van der Waals surface area contributed by atoms with E-state index in [4.69, 9.17) is 14.7 Å². The van der Waals surface area contributed by atoms with E-state index in [1.807, 2.05) is 21.4 Å². The highest BCUT2D eigenvalue weighted by molar-refractivity contribution is 5.70.